The number of carbonyl (C=O) groups excluding carboxylic acids is 3. The normalized spacial score (nSPS) is 24.8. The number of imide groups is 1. The van der Waals surface area contributed by atoms with E-state index >= 15 is 0 Å². The van der Waals surface area contributed by atoms with Gasteiger partial charge >= 0.3 is 0 Å². The highest BCUT2D eigenvalue weighted by Gasteiger charge is 2.65. The molecule has 2 saturated heterocycles. The van der Waals surface area contributed by atoms with Crippen molar-refractivity contribution in [3.05, 3.63) is 99.0 Å². The number of halogens is 2. The number of carbonyl (C=O) groups is 3. The van der Waals surface area contributed by atoms with Crippen molar-refractivity contribution in [1.29, 1.82) is 0 Å². The second-order valence-electron chi connectivity index (χ2n) is 8.55. The van der Waals surface area contributed by atoms with Crippen molar-refractivity contribution < 1.29 is 14.4 Å². The lowest BCUT2D eigenvalue weighted by molar-refractivity contribution is -0.124. The van der Waals surface area contributed by atoms with Gasteiger partial charge in [0.2, 0.25) is 11.8 Å². The number of rotatable bonds is 3. The van der Waals surface area contributed by atoms with Crippen LogP contribution < -0.4 is 4.90 Å². The third-order valence-electron chi connectivity index (χ3n) is 6.78. The summed E-state index contributed by atoms with van der Waals surface area (Å²) in [6, 6.07) is 19.8. The number of hydrazone groups is 1. The number of hydrogen-bond donors (Lipinski definition) is 0. The third kappa shape index (κ3) is 3.07. The maximum atomic E-state index is 13.8. The van der Waals surface area contributed by atoms with Crippen molar-refractivity contribution in [2.24, 2.45) is 16.9 Å². The molecule has 4 atom stereocenters. The number of nitrogens with zero attached hydrogens (tertiary/aromatic N) is 3. The molecule has 3 heterocycles. The summed E-state index contributed by atoms with van der Waals surface area (Å²) in [5.41, 5.74) is 2.68. The van der Waals surface area contributed by atoms with Crippen LogP contribution in [0.4, 0.5) is 5.69 Å². The maximum Gasteiger partial charge on any atom is 0.240 e. The van der Waals surface area contributed by atoms with Crippen LogP contribution in [-0.4, -0.2) is 34.9 Å². The Morgan fingerprint density at radius 2 is 1.56 bits per heavy atom. The zero-order valence-electron chi connectivity index (χ0n) is 17.6. The van der Waals surface area contributed by atoms with Crippen LogP contribution in [0, 0.1) is 11.8 Å². The fraction of sp³-hybridized carbons (Fsp3) is 0.154. The summed E-state index contributed by atoms with van der Waals surface area (Å²) in [5.74, 6) is -2.54. The van der Waals surface area contributed by atoms with Crippen molar-refractivity contribution in [2.75, 3.05) is 4.90 Å². The number of anilines is 1. The van der Waals surface area contributed by atoms with E-state index in [0.29, 0.717) is 16.3 Å². The van der Waals surface area contributed by atoms with Crippen LogP contribution in [-0.2, 0) is 9.59 Å². The monoisotopic (exact) mass is 533 g/mol. The lowest BCUT2D eigenvalue weighted by atomic mass is 9.83. The van der Waals surface area contributed by atoms with Crippen LogP contribution >= 0.6 is 27.5 Å². The third-order valence-corrected chi connectivity index (χ3v) is 7.56. The van der Waals surface area contributed by atoms with Crippen molar-refractivity contribution in [1.82, 2.24) is 5.01 Å². The molecule has 0 aromatic heterocycles. The van der Waals surface area contributed by atoms with Crippen LogP contribution in [0.15, 0.2) is 82.4 Å². The molecule has 2 amide bonds. The molecule has 2 fully saturated rings. The number of ketones is 1. The Morgan fingerprint density at radius 1 is 0.882 bits per heavy atom. The minimum atomic E-state index is -0.905. The summed E-state index contributed by atoms with van der Waals surface area (Å²) >= 11 is 9.41. The predicted molar refractivity (Wildman–Crippen MR) is 132 cm³/mol. The molecule has 8 heteroatoms. The summed E-state index contributed by atoms with van der Waals surface area (Å²) in [6.45, 7) is 0. The van der Waals surface area contributed by atoms with Gasteiger partial charge in [0, 0.05) is 15.1 Å². The van der Waals surface area contributed by atoms with E-state index in [-0.39, 0.29) is 17.6 Å². The predicted octanol–water partition coefficient (Wildman–Crippen LogP) is 4.86. The molecule has 6 nitrogen and oxygen atoms in total. The molecule has 3 aliphatic heterocycles. The minimum Gasteiger partial charge on any atom is -0.292 e. The minimum absolute atomic E-state index is 0.260. The van der Waals surface area contributed by atoms with Gasteiger partial charge in [0.1, 0.15) is 6.04 Å². The van der Waals surface area contributed by atoms with Crippen LogP contribution in [0.3, 0.4) is 0 Å². The first-order chi connectivity index (χ1) is 16.5. The van der Waals surface area contributed by atoms with Gasteiger partial charge in [0.25, 0.3) is 0 Å². The first-order valence-corrected chi connectivity index (χ1v) is 12.0. The Labute approximate surface area is 208 Å². The molecule has 0 N–H and O–H groups in total. The molecule has 3 aliphatic rings. The fourth-order valence-electron chi connectivity index (χ4n) is 5.30. The van der Waals surface area contributed by atoms with E-state index < -0.39 is 23.9 Å². The van der Waals surface area contributed by atoms with Crippen LogP contribution in [0.2, 0.25) is 5.02 Å². The summed E-state index contributed by atoms with van der Waals surface area (Å²) in [4.78, 5) is 42.5. The van der Waals surface area contributed by atoms with E-state index in [1.807, 2.05) is 24.3 Å². The van der Waals surface area contributed by atoms with Crippen molar-refractivity contribution >= 4 is 57.0 Å². The molecule has 168 valence electrons. The number of Topliss-reactive ketones (excluding diaryl/α,β-unsaturated/α-hetero) is 1. The summed E-state index contributed by atoms with van der Waals surface area (Å²) in [6.07, 6.45) is 1.69. The van der Waals surface area contributed by atoms with E-state index in [0.717, 1.165) is 15.6 Å². The maximum absolute atomic E-state index is 13.8. The fourth-order valence-corrected chi connectivity index (χ4v) is 5.69. The average molecular weight is 535 g/mol. The highest BCUT2D eigenvalue weighted by atomic mass is 79.9. The van der Waals surface area contributed by atoms with Crippen LogP contribution in [0.1, 0.15) is 27.5 Å². The van der Waals surface area contributed by atoms with Gasteiger partial charge in [-0.25, -0.2) is 4.90 Å². The molecule has 3 aromatic rings. The Hall–Kier alpha value is -3.29. The smallest absolute Gasteiger partial charge is 0.240 e. The molecule has 0 spiro atoms. The molecule has 0 unspecified atom stereocenters. The second kappa shape index (κ2) is 7.89. The average Bonchev–Trinajstić information content (AvgIpc) is 3.32. The first kappa shape index (κ1) is 21.3. The molecule has 3 aromatic carbocycles. The molecule has 6 rings (SSSR count). The first-order valence-electron chi connectivity index (χ1n) is 10.8. The van der Waals surface area contributed by atoms with E-state index in [9.17, 15) is 14.4 Å². The number of benzene rings is 3. The van der Waals surface area contributed by atoms with Crippen molar-refractivity contribution in [3.63, 3.8) is 0 Å². The molecule has 0 aliphatic carbocycles. The largest absolute Gasteiger partial charge is 0.292 e. The van der Waals surface area contributed by atoms with Gasteiger partial charge in [-0.3, -0.25) is 19.4 Å². The topological polar surface area (TPSA) is 70.0 Å². The van der Waals surface area contributed by atoms with Gasteiger partial charge in [0.05, 0.1) is 29.8 Å². The summed E-state index contributed by atoms with van der Waals surface area (Å²) in [5, 5.41) is 6.74. The summed E-state index contributed by atoms with van der Waals surface area (Å²) in [7, 11) is 0. The van der Waals surface area contributed by atoms with E-state index in [1.54, 1.807) is 59.8 Å². The number of fused-ring (bicyclic) bond motifs is 5. The lowest BCUT2D eigenvalue weighted by Gasteiger charge is -2.33. The second-order valence-corrected chi connectivity index (χ2v) is 9.91. The number of amides is 2. The zero-order valence-corrected chi connectivity index (χ0v) is 20.0. The van der Waals surface area contributed by atoms with Gasteiger partial charge in [-0.1, -0.05) is 51.8 Å². The quantitative estimate of drug-likeness (QED) is 0.355. The Kier molecular flexibility index (Phi) is 4.93. The Bertz CT molecular complexity index is 1370. The standard InChI is InChI=1S/C26H17BrClN3O3/c27-16-7-11-18(12-8-16)30-25(33)20-21(26(30)34)23(24(32)14-5-9-17(28)10-6-14)31-22(20)19-4-2-1-3-15(19)13-29-31/h1-13,20-23H/t20-,21-,22+,23+/m1/s1. The van der Waals surface area contributed by atoms with Gasteiger partial charge in [-0.2, -0.15) is 5.10 Å². The van der Waals surface area contributed by atoms with Crippen LogP contribution in [0.25, 0.3) is 0 Å². The van der Waals surface area contributed by atoms with E-state index in [4.69, 9.17) is 11.6 Å². The molecule has 0 bridgehead atoms. The zero-order chi connectivity index (χ0) is 23.6. The molecule has 0 radical (unpaired) electrons. The number of hydrogen-bond acceptors (Lipinski definition) is 5. The lowest BCUT2D eigenvalue weighted by Crippen LogP contribution is -2.44. The van der Waals surface area contributed by atoms with Gasteiger partial charge in [-0.05, 0) is 59.7 Å². The van der Waals surface area contributed by atoms with Crippen molar-refractivity contribution in [3.8, 4) is 0 Å². The van der Waals surface area contributed by atoms with Crippen molar-refractivity contribution in [2.45, 2.75) is 12.1 Å². The van der Waals surface area contributed by atoms with Gasteiger partial charge in [-0.15, -0.1) is 0 Å². The van der Waals surface area contributed by atoms with E-state index in [1.165, 1.54) is 4.90 Å². The van der Waals surface area contributed by atoms with Crippen LogP contribution in [0.5, 0.6) is 0 Å². The highest BCUT2D eigenvalue weighted by Crippen LogP contribution is 2.53. The Morgan fingerprint density at radius 3 is 2.29 bits per heavy atom. The van der Waals surface area contributed by atoms with Gasteiger partial charge in [0.15, 0.2) is 5.78 Å². The van der Waals surface area contributed by atoms with E-state index in [2.05, 4.69) is 21.0 Å². The molecular formula is C26H17BrClN3O3. The molecule has 34 heavy (non-hydrogen) atoms. The highest BCUT2D eigenvalue weighted by molar-refractivity contribution is 9.10. The van der Waals surface area contributed by atoms with Gasteiger partial charge < -0.3 is 0 Å². The molecule has 0 saturated carbocycles. The Balaban J connectivity index is 1.49. The molecular weight excluding hydrogens is 518 g/mol. The SMILES string of the molecule is O=C(c1ccc(Cl)cc1)[C@@H]1[C@@H]2C(=O)N(c3ccc(Br)cc3)C(=O)[C@H]2[C@@H]2c3ccccc3C=NN12. The summed E-state index contributed by atoms with van der Waals surface area (Å²) < 4.78 is 0.841.